The van der Waals surface area contributed by atoms with Gasteiger partial charge >= 0.3 is 0 Å². The fraction of sp³-hybridized carbons (Fsp3) is 0.304. The topological polar surface area (TPSA) is 81.7 Å². The fourth-order valence-electron chi connectivity index (χ4n) is 3.44. The van der Waals surface area contributed by atoms with Gasteiger partial charge in [-0.3, -0.25) is 4.79 Å². The molecule has 2 aromatic carbocycles. The van der Waals surface area contributed by atoms with Crippen molar-refractivity contribution in [3.05, 3.63) is 52.4 Å². The van der Waals surface area contributed by atoms with Crippen LogP contribution in [0.15, 0.2) is 45.8 Å². The van der Waals surface area contributed by atoms with Crippen molar-refractivity contribution < 1.29 is 18.6 Å². The molecule has 1 aromatic heterocycles. The number of ether oxygens (including phenoxy) is 3. The van der Waals surface area contributed by atoms with Crippen LogP contribution in [0.1, 0.15) is 25.3 Å². The van der Waals surface area contributed by atoms with E-state index in [9.17, 15) is 4.79 Å². The van der Waals surface area contributed by atoms with Crippen molar-refractivity contribution >= 4 is 11.0 Å². The highest BCUT2D eigenvalue weighted by molar-refractivity contribution is 5.84. The summed E-state index contributed by atoms with van der Waals surface area (Å²) in [6.07, 6.45) is 3.90. The molecule has 1 aliphatic heterocycles. The zero-order valence-corrected chi connectivity index (χ0v) is 16.2. The lowest BCUT2D eigenvalue weighted by atomic mass is 10.0. The molecule has 6 nitrogen and oxygen atoms in total. The molecule has 0 unspecified atom stereocenters. The lowest BCUT2D eigenvalue weighted by Crippen LogP contribution is -2.07. The Hall–Kier alpha value is -3.46. The molecule has 6 heteroatoms. The summed E-state index contributed by atoms with van der Waals surface area (Å²) in [4.78, 5) is 13.2. The van der Waals surface area contributed by atoms with Gasteiger partial charge in [0, 0.05) is 12.5 Å². The van der Waals surface area contributed by atoms with Gasteiger partial charge in [-0.1, -0.05) is 19.4 Å². The third kappa shape index (κ3) is 3.77. The minimum atomic E-state index is -0.120. The van der Waals surface area contributed by atoms with Gasteiger partial charge in [0.15, 0.2) is 18.1 Å². The van der Waals surface area contributed by atoms with Crippen LogP contribution < -0.4 is 19.6 Å². The third-order valence-corrected chi connectivity index (χ3v) is 4.83. The molecule has 0 saturated heterocycles. The summed E-state index contributed by atoms with van der Waals surface area (Å²) in [7, 11) is 0. The van der Waals surface area contributed by atoms with E-state index in [1.54, 1.807) is 6.07 Å². The van der Waals surface area contributed by atoms with Crippen molar-refractivity contribution in [1.82, 2.24) is 0 Å². The molecule has 29 heavy (non-hydrogen) atoms. The first-order valence-corrected chi connectivity index (χ1v) is 9.69. The molecular formula is C23H21NO5. The molecule has 0 N–H and O–H groups in total. The van der Waals surface area contributed by atoms with Crippen LogP contribution in [0.4, 0.5) is 0 Å². The quantitative estimate of drug-likeness (QED) is 0.638. The number of hydrogen-bond donors (Lipinski definition) is 0. The van der Waals surface area contributed by atoms with Crippen molar-refractivity contribution in [1.29, 1.82) is 5.26 Å². The normalized spacial score (nSPS) is 13.0. The summed E-state index contributed by atoms with van der Waals surface area (Å²) in [5.74, 6) is 1.89. The Morgan fingerprint density at radius 1 is 1.14 bits per heavy atom. The van der Waals surface area contributed by atoms with Crippen LogP contribution in [-0.2, 0) is 6.42 Å². The number of rotatable bonds is 5. The standard InChI is InChI=1S/C23H21NO5/c1-2-4-16-11-17-21(13-20(16)28-10-7-24)29-14-18(23(17)25)15-5-6-19-22(12-15)27-9-3-8-26-19/h5-6,11-14H,2-4,8-10H2,1H3. The van der Waals surface area contributed by atoms with Crippen LogP contribution in [0, 0.1) is 11.3 Å². The Bertz CT molecular complexity index is 1140. The molecule has 0 fully saturated rings. The first kappa shape index (κ1) is 18.9. The highest BCUT2D eigenvalue weighted by Gasteiger charge is 2.16. The lowest BCUT2D eigenvalue weighted by molar-refractivity contribution is 0.297. The number of nitriles is 1. The van der Waals surface area contributed by atoms with E-state index in [-0.39, 0.29) is 12.0 Å². The predicted molar refractivity (Wildman–Crippen MR) is 109 cm³/mol. The van der Waals surface area contributed by atoms with Crippen molar-refractivity contribution in [2.75, 3.05) is 19.8 Å². The minimum absolute atomic E-state index is 0.0538. The molecule has 148 valence electrons. The van der Waals surface area contributed by atoms with E-state index in [2.05, 4.69) is 6.92 Å². The van der Waals surface area contributed by atoms with Gasteiger partial charge in [0.25, 0.3) is 0 Å². The van der Waals surface area contributed by atoms with Crippen molar-refractivity contribution in [2.24, 2.45) is 0 Å². The summed E-state index contributed by atoms with van der Waals surface area (Å²) in [6, 6.07) is 10.9. The molecule has 3 aromatic rings. The molecule has 4 rings (SSSR count). The Morgan fingerprint density at radius 3 is 2.76 bits per heavy atom. The number of hydrogen-bond acceptors (Lipinski definition) is 6. The van der Waals surface area contributed by atoms with Gasteiger partial charge in [-0.05, 0) is 35.7 Å². The van der Waals surface area contributed by atoms with E-state index in [0.717, 1.165) is 24.8 Å². The summed E-state index contributed by atoms with van der Waals surface area (Å²) in [6.45, 7) is 3.19. The predicted octanol–water partition coefficient (Wildman–Crippen LogP) is 4.48. The fourth-order valence-corrected chi connectivity index (χ4v) is 3.44. The average molecular weight is 391 g/mol. The zero-order valence-electron chi connectivity index (χ0n) is 16.2. The summed E-state index contributed by atoms with van der Waals surface area (Å²) in [5.41, 5.74) is 2.37. The summed E-state index contributed by atoms with van der Waals surface area (Å²) >= 11 is 0. The van der Waals surface area contributed by atoms with Gasteiger partial charge in [0.05, 0.1) is 24.2 Å². The largest absolute Gasteiger partial charge is 0.490 e. The third-order valence-electron chi connectivity index (χ3n) is 4.83. The van der Waals surface area contributed by atoms with E-state index in [0.29, 0.717) is 52.6 Å². The van der Waals surface area contributed by atoms with Gasteiger partial charge in [0.2, 0.25) is 5.43 Å². The lowest BCUT2D eigenvalue weighted by Gasteiger charge is -2.12. The Morgan fingerprint density at radius 2 is 1.97 bits per heavy atom. The second kappa shape index (κ2) is 8.27. The number of benzene rings is 2. The highest BCUT2D eigenvalue weighted by Crippen LogP contribution is 2.34. The first-order chi connectivity index (χ1) is 14.2. The van der Waals surface area contributed by atoms with Gasteiger partial charge in [0.1, 0.15) is 23.7 Å². The highest BCUT2D eigenvalue weighted by atomic mass is 16.5. The minimum Gasteiger partial charge on any atom is -0.490 e. The van der Waals surface area contributed by atoms with Crippen LogP contribution >= 0.6 is 0 Å². The Balaban J connectivity index is 1.81. The Kier molecular flexibility index (Phi) is 5.39. The number of nitrogens with zero attached hydrogens (tertiary/aromatic N) is 1. The average Bonchev–Trinajstić information content (AvgIpc) is 2.98. The molecular weight excluding hydrogens is 370 g/mol. The Labute approximate surface area is 168 Å². The molecule has 0 radical (unpaired) electrons. The maximum Gasteiger partial charge on any atom is 0.200 e. The van der Waals surface area contributed by atoms with E-state index in [4.69, 9.17) is 23.9 Å². The molecule has 0 atom stereocenters. The molecule has 0 bridgehead atoms. The number of aryl methyl sites for hydroxylation is 1. The van der Waals surface area contributed by atoms with Crippen LogP contribution in [-0.4, -0.2) is 19.8 Å². The van der Waals surface area contributed by atoms with Crippen LogP contribution in [0.2, 0.25) is 0 Å². The maximum absolute atomic E-state index is 13.2. The summed E-state index contributed by atoms with van der Waals surface area (Å²) < 4.78 is 22.7. The zero-order chi connectivity index (χ0) is 20.2. The molecule has 2 heterocycles. The molecule has 1 aliphatic rings. The SMILES string of the molecule is CCCc1cc2c(=O)c(-c3ccc4c(c3)OCCCO4)coc2cc1OCC#N. The van der Waals surface area contributed by atoms with Crippen LogP contribution in [0.3, 0.4) is 0 Å². The van der Waals surface area contributed by atoms with E-state index in [1.807, 2.05) is 30.3 Å². The molecule has 0 aliphatic carbocycles. The second-order valence-electron chi connectivity index (χ2n) is 6.84. The second-order valence-corrected chi connectivity index (χ2v) is 6.84. The van der Waals surface area contributed by atoms with E-state index >= 15 is 0 Å². The van der Waals surface area contributed by atoms with Gasteiger partial charge in [-0.15, -0.1) is 0 Å². The van der Waals surface area contributed by atoms with Gasteiger partial charge < -0.3 is 18.6 Å². The molecule has 0 amide bonds. The summed E-state index contributed by atoms with van der Waals surface area (Å²) in [5, 5.41) is 9.29. The smallest absolute Gasteiger partial charge is 0.200 e. The number of fused-ring (bicyclic) bond motifs is 2. The first-order valence-electron chi connectivity index (χ1n) is 9.69. The molecule has 0 spiro atoms. The van der Waals surface area contributed by atoms with Crippen LogP contribution in [0.5, 0.6) is 17.2 Å². The monoisotopic (exact) mass is 391 g/mol. The van der Waals surface area contributed by atoms with Crippen molar-refractivity contribution in [3.8, 4) is 34.4 Å². The van der Waals surface area contributed by atoms with Gasteiger partial charge in [-0.25, -0.2) is 0 Å². The van der Waals surface area contributed by atoms with Crippen molar-refractivity contribution in [3.63, 3.8) is 0 Å². The van der Waals surface area contributed by atoms with Crippen molar-refractivity contribution in [2.45, 2.75) is 26.2 Å². The molecule has 0 saturated carbocycles. The van der Waals surface area contributed by atoms with Crippen LogP contribution in [0.25, 0.3) is 22.1 Å². The maximum atomic E-state index is 13.2. The van der Waals surface area contributed by atoms with Gasteiger partial charge in [-0.2, -0.15) is 5.26 Å². The van der Waals surface area contributed by atoms with E-state index < -0.39 is 0 Å². The van der Waals surface area contributed by atoms with E-state index in [1.165, 1.54) is 6.26 Å².